The van der Waals surface area contributed by atoms with Gasteiger partial charge in [-0.2, -0.15) is 0 Å². The van der Waals surface area contributed by atoms with E-state index in [2.05, 4.69) is 34.2 Å². The Morgan fingerprint density at radius 2 is 1.03 bits per heavy atom. The van der Waals surface area contributed by atoms with Crippen LogP contribution < -0.4 is 14.2 Å². The molecule has 0 aliphatic heterocycles. The van der Waals surface area contributed by atoms with E-state index in [1.807, 2.05) is 50.2 Å². The van der Waals surface area contributed by atoms with Gasteiger partial charge in [-0.3, -0.25) is 24.4 Å². The number of methoxy groups -OCH3 is 2. The van der Waals surface area contributed by atoms with Gasteiger partial charge in [-0.05, 0) is 75.3 Å². The topological polar surface area (TPSA) is 143 Å². The van der Waals surface area contributed by atoms with Crippen LogP contribution in [0.5, 0.6) is 23.0 Å². The highest BCUT2D eigenvalue weighted by molar-refractivity contribution is 7.81. The summed E-state index contributed by atoms with van der Waals surface area (Å²) in [5.41, 5.74) is 3.04. The molecule has 4 aromatic rings. The average Bonchev–Trinajstić information content (AvgIpc) is 4.03. The molecule has 13 heteroatoms. The normalized spacial score (nSPS) is 16.7. The molecule has 2 fully saturated rings. The number of hydrogen-bond acceptors (Lipinski definition) is 13. The standard InChI is InChI=1S/C27H33NO5S.C25H31NO4S/c1-17(16-23(34)25-26(33-19(3)29)22(31-4)14-15-28-25)27(30)32-18(2)24(21-12-8-9-13-21)20-10-6-5-7-11-20;1-16(15-21(31)23-24(27)20(29-3)13-14-26-23)25(28)30-17(2)22(19-11-7-8-12-19)18-9-5-4-6-10-18/h5-7,10-11,14-15,17-18,21,24H,8-9,12-13,16H2,1-4H3;4-6,9-10,13-14,16-17,19,22,27H,7-8,11-12,15H2,1-3H3/t17-,18+,24+;16-,17+,22+/m11/s1. The van der Waals surface area contributed by atoms with Crippen molar-refractivity contribution < 1.29 is 43.2 Å². The van der Waals surface area contributed by atoms with E-state index in [1.54, 1.807) is 26.0 Å². The van der Waals surface area contributed by atoms with E-state index >= 15 is 0 Å². The van der Waals surface area contributed by atoms with E-state index < -0.39 is 17.8 Å². The van der Waals surface area contributed by atoms with Crippen molar-refractivity contribution in [2.45, 2.75) is 123 Å². The van der Waals surface area contributed by atoms with Crippen LogP contribution in [0, 0.1) is 23.7 Å². The molecule has 2 saturated carbocycles. The molecular weight excluding hydrogens is 861 g/mol. The lowest BCUT2D eigenvalue weighted by Crippen LogP contribution is -2.30. The molecule has 2 heterocycles. The highest BCUT2D eigenvalue weighted by atomic mass is 32.1. The molecule has 0 saturated heterocycles. The van der Waals surface area contributed by atoms with Crippen LogP contribution in [-0.2, 0) is 23.9 Å². The molecule has 6 atom stereocenters. The molecule has 0 bridgehead atoms. The molecule has 11 nitrogen and oxygen atoms in total. The quantitative estimate of drug-likeness (QED) is 0.0542. The van der Waals surface area contributed by atoms with Crippen LogP contribution in [-0.4, -0.2) is 69.1 Å². The number of carbonyl (C=O) groups is 3. The van der Waals surface area contributed by atoms with Gasteiger partial charge >= 0.3 is 17.9 Å². The Hall–Kier alpha value is -5.27. The molecule has 6 rings (SSSR count). The number of hydrogen-bond donors (Lipinski definition) is 1. The third-order valence-corrected chi connectivity index (χ3v) is 13.3. The summed E-state index contributed by atoms with van der Waals surface area (Å²) in [6, 6.07) is 23.8. The van der Waals surface area contributed by atoms with Crippen molar-refractivity contribution in [2.75, 3.05) is 14.2 Å². The zero-order valence-electron chi connectivity index (χ0n) is 38.7. The Balaban J connectivity index is 0.000000245. The van der Waals surface area contributed by atoms with Gasteiger partial charge in [-0.1, -0.05) is 125 Å². The van der Waals surface area contributed by atoms with E-state index in [9.17, 15) is 19.5 Å². The van der Waals surface area contributed by atoms with Gasteiger partial charge in [0.1, 0.15) is 23.6 Å². The monoisotopic (exact) mass is 924 g/mol. The van der Waals surface area contributed by atoms with Crippen LogP contribution in [0.4, 0.5) is 0 Å². The van der Waals surface area contributed by atoms with Gasteiger partial charge in [-0.15, -0.1) is 0 Å². The number of thiocarbonyl (C=S) groups is 2. The van der Waals surface area contributed by atoms with Crippen LogP contribution in [0.25, 0.3) is 0 Å². The second kappa shape index (κ2) is 24.9. The molecule has 0 spiro atoms. The fraction of sp³-hybridized carbons (Fsp3) is 0.481. The number of carbonyl (C=O) groups excluding carboxylic acids is 3. The van der Waals surface area contributed by atoms with Gasteiger partial charge in [-0.25, -0.2) is 0 Å². The van der Waals surface area contributed by atoms with E-state index in [0.29, 0.717) is 38.8 Å². The van der Waals surface area contributed by atoms with Crippen molar-refractivity contribution in [3.8, 4) is 23.0 Å². The second-order valence-corrected chi connectivity index (χ2v) is 18.3. The summed E-state index contributed by atoms with van der Waals surface area (Å²) in [7, 11) is 2.95. The summed E-state index contributed by atoms with van der Waals surface area (Å²) in [4.78, 5) is 46.8. The Bertz CT molecular complexity index is 2210. The first-order chi connectivity index (χ1) is 31.2. The Morgan fingerprint density at radius 1 is 0.631 bits per heavy atom. The summed E-state index contributed by atoms with van der Waals surface area (Å²) in [5, 5.41) is 10.3. The molecule has 2 aliphatic rings. The summed E-state index contributed by atoms with van der Waals surface area (Å²) in [6.07, 6.45) is 12.7. The Kier molecular flexibility index (Phi) is 19.4. The fourth-order valence-corrected chi connectivity index (χ4v) is 10.1. The molecular formula is C52H64N2O9S2. The van der Waals surface area contributed by atoms with E-state index in [-0.39, 0.29) is 66.0 Å². The summed E-state index contributed by atoms with van der Waals surface area (Å²) in [6.45, 7) is 8.87. The average molecular weight is 925 g/mol. The predicted octanol–water partition coefficient (Wildman–Crippen LogP) is 11.1. The van der Waals surface area contributed by atoms with Gasteiger partial charge in [0.15, 0.2) is 23.0 Å². The highest BCUT2D eigenvalue weighted by Gasteiger charge is 2.35. The number of benzene rings is 2. The summed E-state index contributed by atoms with van der Waals surface area (Å²) in [5.74, 6) is 0.114. The minimum absolute atomic E-state index is 0.102. The molecule has 2 aliphatic carbocycles. The number of aromatic nitrogens is 2. The SMILES string of the molecule is COc1ccnc(C(=S)C[C@@H](C)C(=O)O[C@@H](C)[C@@H](c2ccccc2)C2CCCC2)c1O.COc1ccnc(C(=S)C[C@@H](C)C(=O)O[C@@H](C)[C@@H](c2ccccc2)C2CCCC2)c1OC(C)=O. The third kappa shape index (κ3) is 13.9. The van der Waals surface area contributed by atoms with Crippen molar-refractivity contribution in [1.82, 2.24) is 9.97 Å². The number of rotatable bonds is 19. The molecule has 2 aromatic carbocycles. The van der Waals surface area contributed by atoms with Crippen LogP contribution in [0.15, 0.2) is 85.2 Å². The number of pyridine rings is 2. The van der Waals surface area contributed by atoms with Crippen LogP contribution in [0.3, 0.4) is 0 Å². The molecule has 348 valence electrons. The maximum Gasteiger partial charge on any atom is 0.309 e. The van der Waals surface area contributed by atoms with E-state index in [0.717, 1.165) is 12.8 Å². The van der Waals surface area contributed by atoms with Crippen LogP contribution in [0.1, 0.15) is 133 Å². The molecule has 1 N–H and O–H groups in total. The van der Waals surface area contributed by atoms with Gasteiger partial charge in [0.2, 0.25) is 0 Å². The highest BCUT2D eigenvalue weighted by Crippen LogP contribution is 2.42. The van der Waals surface area contributed by atoms with Crippen molar-refractivity contribution in [3.05, 3.63) is 108 Å². The maximum atomic E-state index is 13.0. The summed E-state index contributed by atoms with van der Waals surface area (Å²) >= 11 is 11.0. The molecule has 0 radical (unpaired) electrons. The zero-order valence-corrected chi connectivity index (χ0v) is 40.3. The third-order valence-electron chi connectivity index (χ3n) is 12.6. The number of nitrogens with zero attached hydrogens (tertiary/aromatic N) is 2. The number of ether oxygens (including phenoxy) is 5. The smallest absolute Gasteiger partial charge is 0.309 e. The maximum absolute atomic E-state index is 13.0. The second-order valence-electron chi connectivity index (χ2n) is 17.3. The first-order valence-electron chi connectivity index (χ1n) is 22.7. The zero-order chi connectivity index (χ0) is 47.0. The summed E-state index contributed by atoms with van der Waals surface area (Å²) < 4.78 is 27.6. The fourth-order valence-electron chi connectivity index (χ4n) is 9.34. The molecule has 0 unspecified atom stereocenters. The number of esters is 3. The Morgan fingerprint density at radius 3 is 1.45 bits per heavy atom. The lowest BCUT2D eigenvalue weighted by molar-refractivity contribution is -0.155. The first kappa shape index (κ1) is 50.7. The number of aromatic hydroxyl groups is 1. The molecule has 0 amide bonds. The van der Waals surface area contributed by atoms with Crippen molar-refractivity contribution in [1.29, 1.82) is 0 Å². The van der Waals surface area contributed by atoms with Gasteiger partial charge in [0.05, 0.1) is 26.1 Å². The van der Waals surface area contributed by atoms with Crippen molar-refractivity contribution in [2.24, 2.45) is 23.7 Å². The van der Waals surface area contributed by atoms with Crippen molar-refractivity contribution >= 4 is 52.1 Å². The van der Waals surface area contributed by atoms with Crippen LogP contribution >= 0.6 is 24.4 Å². The largest absolute Gasteiger partial charge is 0.503 e. The van der Waals surface area contributed by atoms with Gasteiger partial charge in [0, 0.05) is 53.0 Å². The molecule has 2 aromatic heterocycles. The van der Waals surface area contributed by atoms with Crippen molar-refractivity contribution in [3.63, 3.8) is 0 Å². The lowest BCUT2D eigenvalue weighted by Gasteiger charge is -2.30. The van der Waals surface area contributed by atoms with E-state index in [4.69, 9.17) is 48.1 Å². The minimum atomic E-state index is -0.504. The van der Waals surface area contributed by atoms with E-state index in [1.165, 1.54) is 83.2 Å². The lowest BCUT2D eigenvalue weighted by atomic mass is 9.81. The van der Waals surface area contributed by atoms with Crippen LogP contribution in [0.2, 0.25) is 0 Å². The predicted molar refractivity (Wildman–Crippen MR) is 259 cm³/mol. The molecule has 65 heavy (non-hydrogen) atoms. The van der Waals surface area contributed by atoms with Gasteiger partial charge < -0.3 is 28.8 Å². The minimum Gasteiger partial charge on any atom is -0.503 e. The first-order valence-corrected chi connectivity index (χ1v) is 23.6. The Labute approximate surface area is 395 Å². The van der Waals surface area contributed by atoms with Gasteiger partial charge in [0.25, 0.3) is 0 Å².